The number of alkyl halides is 3. The Labute approximate surface area is 100 Å². The molecule has 0 aliphatic rings. The third-order valence-corrected chi connectivity index (χ3v) is 2.11. The molecule has 100 valence electrons. The van der Waals surface area contributed by atoms with Crippen LogP contribution in [0.1, 0.15) is 16.8 Å². The summed E-state index contributed by atoms with van der Waals surface area (Å²) in [7, 11) is 0. The van der Waals surface area contributed by atoms with E-state index >= 15 is 0 Å². The molecule has 0 aliphatic heterocycles. The lowest BCUT2D eigenvalue weighted by molar-refractivity contribution is -0.276. The van der Waals surface area contributed by atoms with Crippen molar-refractivity contribution in [2.45, 2.75) is 26.3 Å². The predicted molar refractivity (Wildman–Crippen MR) is 54.9 cm³/mol. The molecule has 0 aromatic carbocycles. The Kier molecular flexibility index (Phi) is 4.12. The summed E-state index contributed by atoms with van der Waals surface area (Å²) < 4.78 is 40.2. The van der Waals surface area contributed by atoms with Crippen molar-refractivity contribution in [2.75, 3.05) is 0 Å². The summed E-state index contributed by atoms with van der Waals surface area (Å²) in [6.07, 6.45) is -5.38. The summed E-state index contributed by atoms with van der Waals surface area (Å²) in [4.78, 5) is 14.0. The molecule has 0 radical (unpaired) electrons. The number of hydrogen-bond donors (Lipinski definition) is 2. The molecule has 18 heavy (non-hydrogen) atoms. The SMILES string of the molecule is Cc1cc(CC(=O)O)nc(OC(F)(F)F)c1CN. The van der Waals surface area contributed by atoms with E-state index in [4.69, 9.17) is 10.8 Å². The molecule has 1 heterocycles. The number of aromatic nitrogens is 1. The largest absolute Gasteiger partial charge is 0.574 e. The topological polar surface area (TPSA) is 85.4 Å². The molecular formula is C10H11F3N2O3. The zero-order chi connectivity index (χ0) is 13.9. The number of aliphatic carboxylic acids is 1. The van der Waals surface area contributed by atoms with Gasteiger partial charge in [-0.1, -0.05) is 0 Å². The fourth-order valence-electron chi connectivity index (χ4n) is 1.42. The van der Waals surface area contributed by atoms with Gasteiger partial charge in [0.1, 0.15) is 0 Å². The van der Waals surface area contributed by atoms with E-state index in [1.165, 1.54) is 13.0 Å². The van der Waals surface area contributed by atoms with Crippen molar-refractivity contribution >= 4 is 5.97 Å². The molecule has 0 amide bonds. The van der Waals surface area contributed by atoms with Crippen molar-refractivity contribution in [2.24, 2.45) is 5.73 Å². The number of nitrogens with two attached hydrogens (primary N) is 1. The molecule has 1 aromatic heterocycles. The lowest BCUT2D eigenvalue weighted by Gasteiger charge is -2.14. The van der Waals surface area contributed by atoms with Crippen LogP contribution in [0.5, 0.6) is 5.88 Å². The van der Waals surface area contributed by atoms with E-state index in [0.29, 0.717) is 5.56 Å². The average molecular weight is 264 g/mol. The second-order valence-corrected chi connectivity index (χ2v) is 3.54. The molecule has 0 aliphatic carbocycles. The van der Waals surface area contributed by atoms with Gasteiger partial charge in [-0.05, 0) is 18.6 Å². The van der Waals surface area contributed by atoms with E-state index in [2.05, 4.69) is 9.72 Å². The van der Waals surface area contributed by atoms with Crippen LogP contribution in [-0.2, 0) is 17.8 Å². The Morgan fingerprint density at radius 2 is 2.17 bits per heavy atom. The summed E-state index contributed by atoms with van der Waals surface area (Å²) in [5.41, 5.74) is 5.80. The van der Waals surface area contributed by atoms with Gasteiger partial charge in [0.05, 0.1) is 12.1 Å². The Morgan fingerprint density at radius 1 is 1.56 bits per heavy atom. The number of carboxylic acid groups (broad SMARTS) is 1. The maximum absolute atomic E-state index is 12.2. The molecule has 0 fully saturated rings. The normalized spacial score (nSPS) is 11.4. The standard InChI is InChI=1S/C10H11F3N2O3/c1-5-2-6(3-8(16)17)15-9(7(5)4-14)18-10(11,12)13/h2H,3-4,14H2,1H3,(H,16,17). The first-order valence-corrected chi connectivity index (χ1v) is 4.90. The summed E-state index contributed by atoms with van der Waals surface area (Å²) >= 11 is 0. The van der Waals surface area contributed by atoms with Crippen LogP contribution in [0.2, 0.25) is 0 Å². The predicted octanol–water partition coefficient (Wildman–Crippen LogP) is 1.37. The van der Waals surface area contributed by atoms with Crippen molar-refractivity contribution in [3.05, 3.63) is 22.9 Å². The number of rotatable bonds is 4. The second-order valence-electron chi connectivity index (χ2n) is 3.54. The number of nitrogens with zero attached hydrogens (tertiary/aromatic N) is 1. The monoisotopic (exact) mass is 264 g/mol. The van der Waals surface area contributed by atoms with Crippen LogP contribution in [-0.4, -0.2) is 22.4 Å². The van der Waals surface area contributed by atoms with Gasteiger partial charge < -0.3 is 15.6 Å². The molecule has 0 bridgehead atoms. The number of halogens is 3. The highest BCUT2D eigenvalue weighted by Crippen LogP contribution is 2.27. The third kappa shape index (κ3) is 3.88. The lowest BCUT2D eigenvalue weighted by atomic mass is 10.1. The first kappa shape index (κ1) is 14.2. The van der Waals surface area contributed by atoms with Gasteiger partial charge in [0, 0.05) is 12.1 Å². The lowest BCUT2D eigenvalue weighted by Crippen LogP contribution is -2.21. The number of carbonyl (C=O) groups is 1. The van der Waals surface area contributed by atoms with Gasteiger partial charge in [-0.15, -0.1) is 13.2 Å². The summed E-state index contributed by atoms with van der Waals surface area (Å²) in [6.45, 7) is 1.33. The minimum absolute atomic E-state index is 0.0172. The molecule has 0 spiro atoms. The van der Waals surface area contributed by atoms with E-state index in [1.807, 2.05) is 0 Å². The Morgan fingerprint density at radius 3 is 2.61 bits per heavy atom. The maximum atomic E-state index is 12.2. The van der Waals surface area contributed by atoms with Crippen LogP contribution >= 0.6 is 0 Å². The van der Waals surface area contributed by atoms with Gasteiger partial charge >= 0.3 is 12.3 Å². The van der Waals surface area contributed by atoms with Crippen molar-refractivity contribution in [1.29, 1.82) is 0 Å². The Hall–Kier alpha value is -1.83. The molecule has 3 N–H and O–H groups in total. The van der Waals surface area contributed by atoms with E-state index in [0.717, 1.165) is 0 Å². The Balaban J connectivity index is 3.19. The molecule has 5 nitrogen and oxygen atoms in total. The van der Waals surface area contributed by atoms with Crippen molar-refractivity contribution in [3.8, 4) is 5.88 Å². The molecule has 1 aromatic rings. The van der Waals surface area contributed by atoms with Crippen molar-refractivity contribution in [3.63, 3.8) is 0 Å². The quantitative estimate of drug-likeness (QED) is 0.857. The van der Waals surface area contributed by atoms with Crippen LogP contribution in [0, 0.1) is 6.92 Å². The van der Waals surface area contributed by atoms with E-state index < -0.39 is 24.6 Å². The van der Waals surface area contributed by atoms with Gasteiger partial charge in [-0.25, -0.2) is 4.98 Å². The molecule has 0 saturated carbocycles. The summed E-state index contributed by atoms with van der Waals surface area (Å²) in [5, 5.41) is 8.58. The minimum atomic E-state index is -4.90. The van der Waals surface area contributed by atoms with Crippen LogP contribution in [0.25, 0.3) is 0 Å². The summed E-state index contributed by atoms with van der Waals surface area (Å²) in [5.74, 6) is -1.89. The maximum Gasteiger partial charge on any atom is 0.574 e. The van der Waals surface area contributed by atoms with Crippen molar-refractivity contribution in [1.82, 2.24) is 4.98 Å². The first-order valence-electron chi connectivity index (χ1n) is 4.90. The van der Waals surface area contributed by atoms with Crippen molar-refractivity contribution < 1.29 is 27.8 Å². The third-order valence-electron chi connectivity index (χ3n) is 2.11. The van der Waals surface area contributed by atoms with Crippen LogP contribution in [0.3, 0.4) is 0 Å². The molecular weight excluding hydrogens is 253 g/mol. The van der Waals surface area contributed by atoms with Crippen LogP contribution in [0.4, 0.5) is 13.2 Å². The number of pyridine rings is 1. The fraction of sp³-hybridized carbons (Fsp3) is 0.400. The van der Waals surface area contributed by atoms with Gasteiger partial charge in [0.2, 0.25) is 5.88 Å². The highest BCUT2D eigenvalue weighted by Gasteiger charge is 2.33. The minimum Gasteiger partial charge on any atom is -0.481 e. The van der Waals surface area contributed by atoms with E-state index in [9.17, 15) is 18.0 Å². The van der Waals surface area contributed by atoms with Gasteiger partial charge in [-0.2, -0.15) is 0 Å². The zero-order valence-electron chi connectivity index (χ0n) is 9.41. The highest BCUT2D eigenvalue weighted by molar-refractivity contribution is 5.69. The average Bonchev–Trinajstić information content (AvgIpc) is 2.13. The van der Waals surface area contributed by atoms with E-state index in [-0.39, 0.29) is 17.8 Å². The molecule has 1 rings (SSSR count). The zero-order valence-corrected chi connectivity index (χ0v) is 9.41. The molecule has 0 atom stereocenters. The number of ether oxygens (including phenoxy) is 1. The summed E-state index contributed by atoms with van der Waals surface area (Å²) in [6, 6.07) is 1.37. The number of hydrogen-bond acceptors (Lipinski definition) is 4. The first-order chi connectivity index (χ1) is 8.23. The fourth-order valence-corrected chi connectivity index (χ4v) is 1.42. The molecule has 0 unspecified atom stereocenters. The molecule has 8 heteroatoms. The molecule has 0 saturated heterocycles. The smallest absolute Gasteiger partial charge is 0.481 e. The van der Waals surface area contributed by atoms with E-state index in [1.54, 1.807) is 0 Å². The van der Waals surface area contributed by atoms with Gasteiger partial charge in [0.25, 0.3) is 0 Å². The van der Waals surface area contributed by atoms with Gasteiger partial charge in [0.15, 0.2) is 0 Å². The number of aryl methyl sites for hydroxylation is 1. The second kappa shape index (κ2) is 5.21. The van der Waals surface area contributed by atoms with Crippen LogP contribution in [0.15, 0.2) is 6.07 Å². The Bertz CT molecular complexity index is 460. The van der Waals surface area contributed by atoms with Crippen LogP contribution < -0.4 is 10.5 Å². The number of carboxylic acids is 1. The van der Waals surface area contributed by atoms with Gasteiger partial charge in [-0.3, -0.25) is 4.79 Å². The highest BCUT2D eigenvalue weighted by atomic mass is 19.4.